The van der Waals surface area contributed by atoms with Crippen molar-refractivity contribution < 1.29 is 9.53 Å². The molecule has 1 aliphatic rings. The lowest BCUT2D eigenvalue weighted by atomic mass is 10.1. The average molecular weight is 262 g/mol. The van der Waals surface area contributed by atoms with Crippen LogP contribution < -0.4 is 10.6 Å². The molecule has 0 radical (unpaired) electrons. The lowest BCUT2D eigenvalue weighted by molar-refractivity contribution is -0.119. The molecule has 4 heteroatoms. The molecule has 1 unspecified atom stereocenters. The van der Waals surface area contributed by atoms with Gasteiger partial charge in [-0.3, -0.25) is 4.79 Å². The first-order chi connectivity index (χ1) is 9.29. The SMILES string of the molecule is CCc1ccccc1NCC(=O)NCC1CCCO1. The van der Waals surface area contributed by atoms with Gasteiger partial charge in [-0.05, 0) is 30.9 Å². The molecule has 1 aliphatic heterocycles. The second-order valence-corrected chi connectivity index (χ2v) is 4.80. The Morgan fingerprint density at radius 3 is 3.00 bits per heavy atom. The quantitative estimate of drug-likeness (QED) is 0.824. The molecule has 1 amide bonds. The first-order valence-electron chi connectivity index (χ1n) is 6.99. The highest BCUT2D eigenvalue weighted by Crippen LogP contribution is 2.14. The van der Waals surface area contributed by atoms with Crippen LogP contribution in [-0.4, -0.2) is 31.7 Å². The van der Waals surface area contributed by atoms with E-state index in [1.807, 2.05) is 18.2 Å². The molecule has 4 nitrogen and oxygen atoms in total. The lowest BCUT2D eigenvalue weighted by Crippen LogP contribution is -2.35. The van der Waals surface area contributed by atoms with E-state index in [4.69, 9.17) is 4.74 Å². The summed E-state index contributed by atoms with van der Waals surface area (Å²) in [6.45, 7) is 3.86. The van der Waals surface area contributed by atoms with Gasteiger partial charge in [0.05, 0.1) is 12.6 Å². The van der Waals surface area contributed by atoms with Crippen LogP contribution in [0.1, 0.15) is 25.3 Å². The Morgan fingerprint density at radius 2 is 2.26 bits per heavy atom. The minimum absolute atomic E-state index is 0.0152. The van der Waals surface area contributed by atoms with E-state index in [2.05, 4.69) is 23.6 Å². The van der Waals surface area contributed by atoms with Crippen molar-refractivity contribution in [2.75, 3.05) is 25.0 Å². The fourth-order valence-corrected chi connectivity index (χ4v) is 2.27. The van der Waals surface area contributed by atoms with Crippen LogP contribution in [-0.2, 0) is 16.0 Å². The molecule has 2 N–H and O–H groups in total. The number of carbonyl (C=O) groups excluding carboxylic acids is 1. The summed E-state index contributed by atoms with van der Waals surface area (Å²) in [5.41, 5.74) is 2.27. The molecule has 0 aliphatic carbocycles. The van der Waals surface area contributed by atoms with Crippen molar-refractivity contribution in [2.45, 2.75) is 32.3 Å². The smallest absolute Gasteiger partial charge is 0.239 e. The summed E-state index contributed by atoms with van der Waals surface area (Å²) >= 11 is 0. The third-order valence-electron chi connectivity index (χ3n) is 3.39. The van der Waals surface area contributed by atoms with Gasteiger partial charge in [0.2, 0.25) is 5.91 Å². The van der Waals surface area contributed by atoms with Gasteiger partial charge in [-0.2, -0.15) is 0 Å². The highest BCUT2D eigenvalue weighted by atomic mass is 16.5. The van der Waals surface area contributed by atoms with Crippen molar-refractivity contribution in [3.8, 4) is 0 Å². The molecule has 2 rings (SSSR count). The number of nitrogens with one attached hydrogen (secondary N) is 2. The fraction of sp³-hybridized carbons (Fsp3) is 0.533. The maximum Gasteiger partial charge on any atom is 0.239 e. The second-order valence-electron chi connectivity index (χ2n) is 4.80. The maximum atomic E-state index is 11.7. The largest absolute Gasteiger partial charge is 0.376 e. The van der Waals surface area contributed by atoms with Gasteiger partial charge in [0.15, 0.2) is 0 Å². The zero-order chi connectivity index (χ0) is 13.5. The molecule has 0 saturated carbocycles. The summed E-state index contributed by atoms with van der Waals surface area (Å²) in [5, 5.41) is 6.09. The molecule has 1 saturated heterocycles. The molecule has 104 valence electrons. The van der Waals surface area contributed by atoms with E-state index in [-0.39, 0.29) is 12.0 Å². The minimum Gasteiger partial charge on any atom is -0.376 e. The fourth-order valence-electron chi connectivity index (χ4n) is 2.27. The molecule has 1 fully saturated rings. The molecule has 0 spiro atoms. The number of amides is 1. The standard InChI is InChI=1S/C15H22N2O2/c1-2-12-6-3-4-8-14(12)16-11-15(18)17-10-13-7-5-9-19-13/h3-4,6,8,13,16H,2,5,7,9-11H2,1H3,(H,17,18). The molecule has 1 aromatic carbocycles. The topological polar surface area (TPSA) is 50.4 Å². The normalized spacial score (nSPS) is 18.3. The van der Waals surface area contributed by atoms with E-state index in [1.54, 1.807) is 0 Å². The maximum absolute atomic E-state index is 11.7. The summed E-state index contributed by atoms with van der Waals surface area (Å²) in [4.78, 5) is 11.7. The first kappa shape index (κ1) is 13.9. The number of carbonyl (C=O) groups is 1. The average Bonchev–Trinajstić information content (AvgIpc) is 2.96. The molecular formula is C15H22N2O2. The number of hydrogen-bond acceptors (Lipinski definition) is 3. The van der Waals surface area contributed by atoms with Gasteiger partial charge in [0.1, 0.15) is 0 Å². The molecule has 1 heterocycles. The van der Waals surface area contributed by atoms with E-state index in [0.29, 0.717) is 13.1 Å². The molecular weight excluding hydrogens is 240 g/mol. The summed E-state index contributed by atoms with van der Waals surface area (Å²) in [6.07, 6.45) is 3.31. The number of hydrogen-bond donors (Lipinski definition) is 2. The van der Waals surface area contributed by atoms with E-state index in [9.17, 15) is 4.79 Å². The van der Waals surface area contributed by atoms with Crippen LogP contribution in [0, 0.1) is 0 Å². The molecule has 19 heavy (non-hydrogen) atoms. The minimum atomic E-state index is 0.0152. The van der Waals surface area contributed by atoms with Gasteiger partial charge in [0, 0.05) is 18.8 Å². The lowest BCUT2D eigenvalue weighted by Gasteiger charge is -2.13. The van der Waals surface area contributed by atoms with Crippen LogP contribution in [0.3, 0.4) is 0 Å². The van der Waals surface area contributed by atoms with Crippen LogP contribution in [0.15, 0.2) is 24.3 Å². The van der Waals surface area contributed by atoms with Gasteiger partial charge in [-0.25, -0.2) is 0 Å². The Morgan fingerprint density at radius 1 is 1.42 bits per heavy atom. The van der Waals surface area contributed by atoms with Gasteiger partial charge in [-0.15, -0.1) is 0 Å². The van der Waals surface area contributed by atoms with Gasteiger partial charge >= 0.3 is 0 Å². The highest BCUT2D eigenvalue weighted by Gasteiger charge is 2.15. The first-order valence-corrected chi connectivity index (χ1v) is 6.99. The second kappa shape index (κ2) is 7.14. The van der Waals surface area contributed by atoms with E-state index < -0.39 is 0 Å². The van der Waals surface area contributed by atoms with Crippen molar-refractivity contribution in [3.05, 3.63) is 29.8 Å². The predicted molar refractivity (Wildman–Crippen MR) is 76.3 cm³/mol. The summed E-state index contributed by atoms with van der Waals surface area (Å²) < 4.78 is 5.47. The summed E-state index contributed by atoms with van der Waals surface area (Å²) in [5.74, 6) is 0.0152. The number of rotatable bonds is 6. The van der Waals surface area contributed by atoms with Gasteiger partial charge in [0.25, 0.3) is 0 Å². The Balaban J connectivity index is 1.73. The molecule has 1 atom stereocenters. The van der Waals surface area contributed by atoms with Crippen LogP contribution in [0.5, 0.6) is 0 Å². The zero-order valence-corrected chi connectivity index (χ0v) is 11.4. The van der Waals surface area contributed by atoms with Crippen molar-refractivity contribution in [1.82, 2.24) is 5.32 Å². The van der Waals surface area contributed by atoms with Crippen LogP contribution in [0.4, 0.5) is 5.69 Å². The number of para-hydroxylation sites is 1. The number of benzene rings is 1. The van der Waals surface area contributed by atoms with Crippen LogP contribution >= 0.6 is 0 Å². The molecule has 0 aromatic heterocycles. The Kier molecular flexibility index (Phi) is 5.21. The molecule has 0 bridgehead atoms. The summed E-state index contributed by atoms with van der Waals surface area (Å²) in [6, 6.07) is 8.08. The van der Waals surface area contributed by atoms with Crippen molar-refractivity contribution in [1.29, 1.82) is 0 Å². The third-order valence-corrected chi connectivity index (χ3v) is 3.39. The van der Waals surface area contributed by atoms with E-state index >= 15 is 0 Å². The van der Waals surface area contributed by atoms with Crippen molar-refractivity contribution in [3.63, 3.8) is 0 Å². The highest BCUT2D eigenvalue weighted by molar-refractivity contribution is 5.80. The van der Waals surface area contributed by atoms with Crippen molar-refractivity contribution >= 4 is 11.6 Å². The Labute approximate surface area is 114 Å². The van der Waals surface area contributed by atoms with E-state index in [0.717, 1.165) is 31.6 Å². The number of anilines is 1. The van der Waals surface area contributed by atoms with Crippen LogP contribution in [0.25, 0.3) is 0 Å². The monoisotopic (exact) mass is 262 g/mol. The Bertz CT molecular complexity index is 414. The van der Waals surface area contributed by atoms with Gasteiger partial charge in [-0.1, -0.05) is 25.1 Å². The van der Waals surface area contributed by atoms with Crippen LogP contribution in [0.2, 0.25) is 0 Å². The Hall–Kier alpha value is -1.55. The third kappa shape index (κ3) is 4.24. The van der Waals surface area contributed by atoms with Crippen molar-refractivity contribution in [2.24, 2.45) is 0 Å². The van der Waals surface area contributed by atoms with E-state index in [1.165, 1.54) is 5.56 Å². The molecule has 1 aromatic rings. The number of ether oxygens (including phenoxy) is 1. The zero-order valence-electron chi connectivity index (χ0n) is 11.4. The van der Waals surface area contributed by atoms with Gasteiger partial charge < -0.3 is 15.4 Å². The number of aryl methyl sites for hydroxylation is 1. The predicted octanol–water partition coefficient (Wildman–Crippen LogP) is 1.96. The summed E-state index contributed by atoms with van der Waals surface area (Å²) in [7, 11) is 0.